The number of nitrogens with zero attached hydrogens (tertiary/aromatic N) is 1. The van der Waals surface area contributed by atoms with Crippen molar-refractivity contribution in [1.82, 2.24) is 4.90 Å². The molecule has 148 valence electrons. The van der Waals surface area contributed by atoms with Crippen molar-refractivity contribution in [3.05, 3.63) is 75.5 Å². The SMILES string of the molecule is Cc1ccccc1O[C@@H]1C(=O)N(Cc2ccc3c(c2)OCO3)[C@H]1c1sccc1C. The van der Waals surface area contributed by atoms with Gasteiger partial charge in [-0.2, -0.15) is 0 Å². The van der Waals surface area contributed by atoms with Crippen molar-refractivity contribution in [3.8, 4) is 17.2 Å². The summed E-state index contributed by atoms with van der Waals surface area (Å²) in [5, 5.41) is 2.07. The summed E-state index contributed by atoms with van der Waals surface area (Å²) >= 11 is 1.67. The Hall–Kier alpha value is -2.99. The van der Waals surface area contributed by atoms with Gasteiger partial charge in [-0.15, -0.1) is 11.3 Å². The molecule has 0 spiro atoms. The van der Waals surface area contributed by atoms with Gasteiger partial charge in [0.1, 0.15) is 11.8 Å². The average Bonchev–Trinajstić information content (AvgIpc) is 3.36. The van der Waals surface area contributed by atoms with E-state index in [1.807, 2.05) is 54.3 Å². The molecule has 0 aliphatic carbocycles. The molecule has 1 aromatic heterocycles. The molecule has 0 radical (unpaired) electrons. The smallest absolute Gasteiger partial charge is 0.267 e. The molecule has 0 N–H and O–H groups in total. The van der Waals surface area contributed by atoms with Crippen molar-refractivity contribution in [1.29, 1.82) is 0 Å². The van der Waals surface area contributed by atoms with E-state index in [0.717, 1.165) is 28.4 Å². The van der Waals surface area contributed by atoms with Crippen molar-refractivity contribution in [2.45, 2.75) is 32.5 Å². The van der Waals surface area contributed by atoms with E-state index in [4.69, 9.17) is 14.2 Å². The third kappa shape index (κ3) is 3.13. The summed E-state index contributed by atoms with van der Waals surface area (Å²) in [5.74, 6) is 2.23. The molecular weight excluding hydrogens is 386 g/mol. The number of hydrogen-bond donors (Lipinski definition) is 0. The summed E-state index contributed by atoms with van der Waals surface area (Å²) in [5.41, 5.74) is 3.22. The lowest BCUT2D eigenvalue weighted by Crippen LogP contribution is -2.60. The first kappa shape index (κ1) is 18.1. The van der Waals surface area contributed by atoms with Crippen molar-refractivity contribution in [3.63, 3.8) is 0 Å². The van der Waals surface area contributed by atoms with Crippen LogP contribution in [0.1, 0.15) is 27.6 Å². The summed E-state index contributed by atoms with van der Waals surface area (Å²) < 4.78 is 17.1. The van der Waals surface area contributed by atoms with Crippen LogP contribution in [0.25, 0.3) is 0 Å². The number of ether oxygens (including phenoxy) is 3. The van der Waals surface area contributed by atoms with E-state index in [1.165, 1.54) is 10.4 Å². The van der Waals surface area contributed by atoms with Crippen LogP contribution in [0.4, 0.5) is 0 Å². The summed E-state index contributed by atoms with van der Waals surface area (Å²) in [6, 6.07) is 15.6. The largest absolute Gasteiger partial charge is 0.478 e. The molecule has 0 unspecified atom stereocenters. The van der Waals surface area contributed by atoms with Crippen LogP contribution in [0, 0.1) is 13.8 Å². The van der Waals surface area contributed by atoms with Crippen LogP contribution in [0.2, 0.25) is 0 Å². The molecule has 0 saturated carbocycles. The second kappa shape index (κ2) is 7.12. The predicted octanol–water partition coefficient (Wildman–Crippen LogP) is 4.62. The van der Waals surface area contributed by atoms with Gasteiger partial charge in [0.15, 0.2) is 11.5 Å². The van der Waals surface area contributed by atoms with Gasteiger partial charge in [0.2, 0.25) is 12.9 Å². The third-order valence-corrected chi connectivity index (χ3v) is 6.55. The van der Waals surface area contributed by atoms with Gasteiger partial charge in [-0.25, -0.2) is 0 Å². The Morgan fingerprint density at radius 2 is 1.90 bits per heavy atom. The van der Waals surface area contributed by atoms with Crippen LogP contribution in [-0.4, -0.2) is 23.7 Å². The molecule has 1 amide bonds. The second-order valence-electron chi connectivity index (χ2n) is 7.37. The molecular formula is C23H21NO4S. The molecule has 1 fully saturated rings. The molecule has 2 aliphatic heterocycles. The van der Waals surface area contributed by atoms with E-state index in [1.54, 1.807) is 11.3 Å². The lowest BCUT2D eigenvalue weighted by Gasteiger charge is -2.46. The summed E-state index contributed by atoms with van der Waals surface area (Å²) in [4.78, 5) is 16.1. The second-order valence-corrected chi connectivity index (χ2v) is 8.32. The highest BCUT2D eigenvalue weighted by Crippen LogP contribution is 2.43. The molecule has 6 heteroatoms. The number of thiophene rings is 1. The lowest BCUT2D eigenvalue weighted by molar-refractivity contribution is -0.165. The van der Waals surface area contributed by atoms with Crippen LogP contribution in [0.15, 0.2) is 53.9 Å². The van der Waals surface area contributed by atoms with E-state index >= 15 is 0 Å². The topological polar surface area (TPSA) is 48.0 Å². The first-order chi connectivity index (χ1) is 14.1. The summed E-state index contributed by atoms with van der Waals surface area (Å²) in [6.07, 6.45) is -0.512. The van der Waals surface area contributed by atoms with Crippen LogP contribution < -0.4 is 14.2 Å². The maximum Gasteiger partial charge on any atom is 0.267 e. The number of rotatable bonds is 5. The van der Waals surface area contributed by atoms with Crippen LogP contribution in [0.3, 0.4) is 0 Å². The zero-order valence-electron chi connectivity index (χ0n) is 16.3. The lowest BCUT2D eigenvalue weighted by atomic mass is 9.93. The van der Waals surface area contributed by atoms with Gasteiger partial charge >= 0.3 is 0 Å². The summed E-state index contributed by atoms with van der Waals surface area (Å²) in [7, 11) is 0. The Balaban J connectivity index is 1.43. The fourth-order valence-corrected chi connectivity index (χ4v) is 4.90. The standard InChI is InChI=1S/C23H21NO4S/c1-14-5-3-4-6-17(14)28-21-20(22-15(2)9-10-29-22)24(23(21)25)12-16-7-8-18-19(11-16)27-13-26-18/h3-11,20-21H,12-13H2,1-2H3/t20-,21+/m1/s1. The number of aryl methyl sites for hydroxylation is 2. The van der Waals surface area contributed by atoms with Crippen LogP contribution in [-0.2, 0) is 11.3 Å². The fraction of sp³-hybridized carbons (Fsp3) is 0.261. The Morgan fingerprint density at radius 3 is 2.69 bits per heavy atom. The minimum Gasteiger partial charge on any atom is -0.478 e. The van der Waals surface area contributed by atoms with Crippen molar-refractivity contribution in [2.75, 3.05) is 6.79 Å². The number of amides is 1. The molecule has 3 aromatic rings. The number of carbonyl (C=O) groups is 1. The molecule has 5 rings (SSSR count). The molecule has 29 heavy (non-hydrogen) atoms. The highest BCUT2D eigenvalue weighted by molar-refractivity contribution is 7.10. The Kier molecular flexibility index (Phi) is 4.43. The number of β-lactam (4-membered cyclic amide) rings is 1. The fourth-order valence-electron chi connectivity index (χ4n) is 3.84. The van der Waals surface area contributed by atoms with Gasteiger partial charge in [0, 0.05) is 11.4 Å². The van der Waals surface area contributed by atoms with E-state index in [2.05, 4.69) is 18.4 Å². The summed E-state index contributed by atoms with van der Waals surface area (Å²) in [6.45, 7) is 4.82. The average molecular weight is 407 g/mol. The van der Waals surface area contributed by atoms with Gasteiger partial charge in [-0.05, 0) is 60.2 Å². The minimum absolute atomic E-state index is 0.00344. The van der Waals surface area contributed by atoms with Gasteiger partial charge < -0.3 is 19.1 Å². The van der Waals surface area contributed by atoms with Crippen molar-refractivity contribution in [2.24, 2.45) is 0 Å². The highest BCUT2D eigenvalue weighted by Gasteiger charge is 2.51. The van der Waals surface area contributed by atoms with Gasteiger partial charge in [-0.3, -0.25) is 4.79 Å². The zero-order valence-corrected chi connectivity index (χ0v) is 17.1. The highest BCUT2D eigenvalue weighted by atomic mass is 32.1. The van der Waals surface area contributed by atoms with Crippen molar-refractivity contribution < 1.29 is 19.0 Å². The third-order valence-electron chi connectivity index (χ3n) is 5.46. The molecule has 5 nitrogen and oxygen atoms in total. The maximum absolute atomic E-state index is 13.1. The quantitative estimate of drug-likeness (QED) is 0.579. The first-order valence-corrected chi connectivity index (χ1v) is 10.4. The predicted molar refractivity (Wildman–Crippen MR) is 111 cm³/mol. The van der Waals surface area contributed by atoms with E-state index in [-0.39, 0.29) is 18.7 Å². The number of carbonyl (C=O) groups excluding carboxylic acids is 1. The van der Waals surface area contributed by atoms with Gasteiger partial charge in [-0.1, -0.05) is 24.3 Å². The minimum atomic E-state index is -0.512. The molecule has 2 aliphatic rings. The molecule has 1 saturated heterocycles. The Labute approximate surface area is 173 Å². The van der Waals surface area contributed by atoms with E-state index in [9.17, 15) is 4.79 Å². The normalized spacial score (nSPS) is 19.9. The number of para-hydroxylation sites is 1. The number of likely N-dealkylation sites (tertiary alicyclic amines) is 1. The van der Waals surface area contributed by atoms with Gasteiger partial charge in [0.05, 0.1) is 0 Å². The van der Waals surface area contributed by atoms with Crippen LogP contribution >= 0.6 is 11.3 Å². The molecule has 2 aromatic carbocycles. The van der Waals surface area contributed by atoms with E-state index in [0.29, 0.717) is 6.54 Å². The Morgan fingerprint density at radius 1 is 1.07 bits per heavy atom. The van der Waals surface area contributed by atoms with Crippen LogP contribution in [0.5, 0.6) is 17.2 Å². The van der Waals surface area contributed by atoms with E-state index < -0.39 is 6.10 Å². The molecule has 2 atom stereocenters. The number of benzene rings is 2. The van der Waals surface area contributed by atoms with Crippen molar-refractivity contribution >= 4 is 17.2 Å². The number of fused-ring (bicyclic) bond motifs is 1. The maximum atomic E-state index is 13.1. The molecule has 3 heterocycles. The van der Waals surface area contributed by atoms with Gasteiger partial charge in [0.25, 0.3) is 5.91 Å². The number of hydrogen-bond acceptors (Lipinski definition) is 5. The monoisotopic (exact) mass is 407 g/mol. The first-order valence-electron chi connectivity index (χ1n) is 9.57. The Bertz CT molecular complexity index is 1080. The molecule has 0 bridgehead atoms. The zero-order chi connectivity index (χ0) is 20.0.